The highest BCUT2D eigenvalue weighted by Gasteiger charge is 2.06. The first-order valence-electron chi connectivity index (χ1n) is 7.79. The molecule has 0 bridgehead atoms. The lowest BCUT2D eigenvalue weighted by Gasteiger charge is -2.05. The minimum absolute atomic E-state index is 0.209. The van der Waals surface area contributed by atoms with Gasteiger partial charge in [-0.2, -0.15) is 5.10 Å². The number of hydrazone groups is 1. The third-order valence-electron chi connectivity index (χ3n) is 3.60. The van der Waals surface area contributed by atoms with Crippen LogP contribution in [0.5, 0.6) is 0 Å². The molecule has 7 heteroatoms. The number of rotatable bonds is 5. The Hall–Kier alpha value is -2.08. The van der Waals surface area contributed by atoms with Crippen molar-refractivity contribution in [1.29, 1.82) is 0 Å². The molecule has 1 heterocycles. The fraction of sp³-hybridized carbons (Fsp3) is 0.105. The van der Waals surface area contributed by atoms with E-state index in [9.17, 15) is 4.79 Å². The van der Waals surface area contributed by atoms with Crippen molar-refractivity contribution in [2.24, 2.45) is 5.10 Å². The first kappa shape index (κ1) is 18.7. The van der Waals surface area contributed by atoms with E-state index in [1.165, 1.54) is 18.0 Å². The van der Waals surface area contributed by atoms with Gasteiger partial charge >= 0.3 is 0 Å². The molecule has 0 spiro atoms. The first-order valence-corrected chi connectivity index (χ1v) is 9.53. The number of hydrogen-bond donors (Lipinski definition) is 1. The number of fused-ring (bicyclic) bond motifs is 1. The van der Waals surface area contributed by atoms with Crippen molar-refractivity contribution >= 4 is 58.0 Å². The number of amides is 1. The van der Waals surface area contributed by atoms with Gasteiger partial charge in [-0.25, -0.2) is 10.4 Å². The maximum absolute atomic E-state index is 12.0. The Bertz CT molecular complexity index is 992. The molecule has 2 aromatic carbocycles. The number of halogens is 2. The molecule has 0 unspecified atom stereocenters. The smallest absolute Gasteiger partial charge is 0.250 e. The quantitative estimate of drug-likeness (QED) is 0.366. The average Bonchev–Trinajstić information content (AvgIpc) is 2.63. The SMILES string of the molecule is Cc1cc(SCC(=O)N/N=C\c2ccc(Cl)c(Cl)c2)nc2ccccc12. The minimum atomic E-state index is -0.209. The van der Waals surface area contributed by atoms with Crippen molar-refractivity contribution in [3.63, 3.8) is 0 Å². The van der Waals surface area contributed by atoms with Gasteiger partial charge in [0.1, 0.15) is 0 Å². The van der Waals surface area contributed by atoms with Crippen molar-refractivity contribution in [1.82, 2.24) is 10.4 Å². The summed E-state index contributed by atoms with van der Waals surface area (Å²) in [5.74, 6) is 0.0164. The Morgan fingerprint density at radius 2 is 2.00 bits per heavy atom. The van der Waals surface area contributed by atoms with E-state index in [1.54, 1.807) is 18.2 Å². The Labute approximate surface area is 165 Å². The van der Waals surface area contributed by atoms with Crippen molar-refractivity contribution < 1.29 is 4.79 Å². The molecule has 0 radical (unpaired) electrons. The van der Waals surface area contributed by atoms with Crippen LogP contribution in [0.1, 0.15) is 11.1 Å². The van der Waals surface area contributed by atoms with Crippen molar-refractivity contribution in [3.05, 3.63) is 69.7 Å². The maximum atomic E-state index is 12.0. The fourth-order valence-corrected chi connectivity index (χ4v) is 3.41. The molecule has 4 nitrogen and oxygen atoms in total. The zero-order valence-electron chi connectivity index (χ0n) is 13.9. The number of nitrogens with zero attached hydrogens (tertiary/aromatic N) is 2. The standard InChI is InChI=1S/C19H15Cl2N3OS/c1-12-8-19(23-17-5-3-2-4-14(12)17)26-11-18(25)24-22-10-13-6-7-15(20)16(21)9-13/h2-10H,11H2,1H3,(H,24,25)/b22-10-. The number of para-hydroxylation sites is 1. The molecule has 1 N–H and O–H groups in total. The molecular formula is C19H15Cl2N3OS. The van der Waals surface area contributed by atoms with E-state index in [4.69, 9.17) is 23.2 Å². The first-order chi connectivity index (χ1) is 12.5. The molecule has 3 rings (SSSR count). The van der Waals surface area contributed by atoms with Crippen molar-refractivity contribution in [2.45, 2.75) is 11.9 Å². The Morgan fingerprint density at radius 1 is 1.19 bits per heavy atom. The van der Waals surface area contributed by atoms with Crippen LogP contribution in [-0.2, 0) is 4.79 Å². The van der Waals surface area contributed by atoms with Crippen LogP contribution in [0.2, 0.25) is 10.0 Å². The van der Waals surface area contributed by atoms with E-state index >= 15 is 0 Å². The van der Waals surface area contributed by atoms with Gasteiger partial charge in [-0.15, -0.1) is 0 Å². The van der Waals surface area contributed by atoms with E-state index in [0.717, 1.165) is 27.1 Å². The molecule has 0 aliphatic heterocycles. The molecule has 0 fully saturated rings. The second-order valence-electron chi connectivity index (χ2n) is 5.55. The summed E-state index contributed by atoms with van der Waals surface area (Å²) < 4.78 is 0. The van der Waals surface area contributed by atoms with E-state index in [-0.39, 0.29) is 11.7 Å². The Morgan fingerprint density at radius 3 is 2.81 bits per heavy atom. The number of carbonyl (C=O) groups is 1. The monoisotopic (exact) mass is 403 g/mol. The molecule has 132 valence electrons. The van der Waals surface area contributed by atoms with Crippen LogP contribution in [0.25, 0.3) is 10.9 Å². The normalized spacial score (nSPS) is 11.2. The van der Waals surface area contributed by atoms with Crippen molar-refractivity contribution in [3.8, 4) is 0 Å². The largest absolute Gasteiger partial charge is 0.272 e. The van der Waals surface area contributed by atoms with Gasteiger partial charge < -0.3 is 0 Å². The lowest BCUT2D eigenvalue weighted by Crippen LogP contribution is -2.19. The highest BCUT2D eigenvalue weighted by molar-refractivity contribution is 7.99. The van der Waals surface area contributed by atoms with E-state index in [0.29, 0.717) is 10.0 Å². The van der Waals surface area contributed by atoms with Crippen LogP contribution in [0.4, 0.5) is 0 Å². The Kier molecular flexibility index (Phi) is 6.14. The summed E-state index contributed by atoms with van der Waals surface area (Å²) in [4.78, 5) is 16.5. The van der Waals surface area contributed by atoms with E-state index in [1.807, 2.05) is 37.3 Å². The van der Waals surface area contributed by atoms with Gasteiger partial charge in [-0.1, -0.05) is 59.2 Å². The summed E-state index contributed by atoms with van der Waals surface area (Å²) >= 11 is 13.2. The van der Waals surface area contributed by atoms with Crippen LogP contribution in [0.15, 0.2) is 58.7 Å². The fourth-order valence-electron chi connectivity index (χ4n) is 2.34. The van der Waals surface area contributed by atoms with Crippen LogP contribution < -0.4 is 5.43 Å². The predicted octanol–water partition coefficient (Wildman–Crippen LogP) is 5.09. The molecule has 1 aromatic heterocycles. The van der Waals surface area contributed by atoms with E-state index < -0.39 is 0 Å². The van der Waals surface area contributed by atoms with Gasteiger partial charge in [0.2, 0.25) is 5.91 Å². The highest BCUT2D eigenvalue weighted by atomic mass is 35.5. The number of carbonyl (C=O) groups excluding carboxylic acids is 1. The zero-order chi connectivity index (χ0) is 18.5. The van der Waals surface area contributed by atoms with Gasteiger partial charge in [-0.3, -0.25) is 4.79 Å². The van der Waals surface area contributed by atoms with Gasteiger partial charge in [-0.05, 0) is 42.3 Å². The predicted molar refractivity (Wildman–Crippen MR) is 109 cm³/mol. The van der Waals surface area contributed by atoms with E-state index in [2.05, 4.69) is 15.5 Å². The summed E-state index contributed by atoms with van der Waals surface area (Å²) in [6, 6.07) is 15.0. The lowest BCUT2D eigenvalue weighted by molar-refractivity contribution is -0.118. The van der Waals surface area contributed by atoms with Crippen LogP contribution >= 0.6 is 35.0 Å². The van der Waals surface area contributed by atoms with Gasteiger partial charge in [0, 0.05) is 5.39 Å². The molecule has 0 aliphatic rings. The zero-order valence-corrected chi connectivity index (χ0v) is 16.2. The minimum Gasteiger partial charge on any atom is -0.272 e. The summed E-state index contributed by atoms with van der Waals surface area (Å²) in [5, 5.41) is 6.77. The average molecular weight is 404 g/mol. The number of hydrogen-bond acceptors (Lipinski definition) is 4. The summed E-state index contributed by atoms with van der Waals surface area (Å²) in [6.45, 7) is 2.04. The van der Waals surface area contributed by atoms with Crippen LogP contribution in [0, 0.1) is 6.92 Å². The van der Waals surface area contributed by atoms with Crippen LogP contribution in [-0.4, -0.2) is 22.9 Å². The van der Waals surface area contributed by atoms with Gasteiger partial charge in [0.05, 0.1) is 32.6 Å². The molecular weight excluding hydrogens is 389 g/mol. The third kappa shape index (κ3) is 4.75. The molecule has 1 amide bonds. The number of thioether (sulfide) groups is 1. The Balaban J connectivity index is 1.57. The maximum Gasteiger partial charge on any atom is 0.250 e. The number of benzene rings is 2. The number of aromatic nitrogens is 1. The molecule has 0 atom stereocenters. The second kappa shape index (κ2) is 8.54. The molecule has 0 saturated heterocycles. The number of pyridine rings is 1. The second-order valence-corrected chi connectivity index (χ2v) is 7.36. The van der Waals surface area contributed by atoms with Crippen LogP contribution in [0.3, 0.4) is 0 Å². The number of nitrogens with one attached hydrogen (secondary N) is 1. The van der Waals surface area contributed by atoms with Gasteiger partial charge in [0.25, 0.3) is 0 Å². The van der Waals surface area contributed by atoms with Gasteiger partial charge in [0.15, 0.2) is 0 Å². The third-order valence-corrected chi connectivity index (χ3v) is 5.25. The molecule has 0 aliphatic carbocycles. The molecule has 3 aromatic rings. The summed E-state index contributed by atoms with van der Waals surface area (Å²) in [5.41, 5.74) is 5.30. The molecule has 0 saturated carbocycles. The number of aryl methyl sites for hydroxylation is 1. The summed E-state index contributed by atoms with van der Waals surface area (Å²) in [6.07, 6.45) is 1.52. The molecule has 26 heavy (non-hydrogen) atoms. The topological polar surface area (TPSA) is 54.4 Å². The summed E-state index contributed by atoms with van der Waals surface area (Å²) in [7, 11) is 0. The lowest BCUT2D eigenvalue weighted by atomic mass is 10.1. The van der Waals surface area contributed by atoms with Crippen molar-refractivity contribution in [2.75, 3.05) is 5.75 Å². The highest BCUT2D eigenvalue weighted by Crippen LogP contribution is 2.23.